The van der Waals surface area contributed by atoms with Crippen molar-refractivity contribution in [3.05, 3.63) is 0 Å². The third-order valence-corrected chi connectivity index (χ3v) is 7.54. The first-order valence-corrected chi connectivity index (χ1v) is 13.3. The van der Waals surface area contributed by atoms with Crippen LogP contribution in [0.25, 0.3) is 0 Å². The molecule has 0 heteroatoms. The summed E-state index contributed by atoms with van der Waals surface area (Å²) in [5.41, 5.74) is 0. The monoisotopic (exact) mass is 378 g/mol. The maximum Gasteiger partial charge on any atom is -0.0383 e. The summed E-state index contributed by atoms with van der Waals surface area (Å²) < 4.78 is 0. The van der Waals surface area contributed by atoms with Crippen molar-refractivity contribution in [1.29, 1.82) is 0 Å². The molecule has 1 aliphatic carbocycles. The van der Waals surface area contributed by atoms with Gasteiger partial charge in [-0.25, -0.2) is 0 Å². The van der Waals surface area contributed by atoms with Gasteiger partial charge in [-0.3, -0.25) is 0 Å². The Kier molecular flexibility index (Phi) is 15.7. The normalized spacial score (nSPS) is 22.2. The highest BCUT2D eigenvalue weighted by Gasteiger charge is 2.33. The van der Waals surface area contributed by atoms with E-state index in [0.29, 0.717) is 0 Å². The van der Waals surface area contributed by atoms with E-state index in [-0.39, 0.29) is 0 Å². The molecule has 0 aromatic heterocycles. The van der Waals surface area contributed by atoms with E-state index in [2.05, 4.69) is 27.7 Å². The molecule has 0 nitrogen and oxygen atoms in total. The zero-order chi connectivity index (χ0) is 19.7. The summed E-state index contributed by atoms with van der Waals surface area (Å²) in [7, 11) is 0. The minimum atomic E-state index is 1.05. The number of rotatable bonds is 18. The average molecular weight is 379 g/mol. The van der Waals surface area contributed by atoms with Gasteiger partial charge in [-0.15, -0.1) is 0 Å². The van der Waals surface area contributed by atoms with E-state index in [1.165, 1.54) is 103 Å². The first-order valence-electron chi connectivity index (χ1n) is 13.3. The first kappa shape index (κ1) is 25.0. The third-order valence-electron chi connectivity index (χ3n) is 7.54. The molecule has 0 aromatic carbocycles. The molecule has 1 fully saturated rings. The molecule has 1 saturated carbocycles. The molecule has 4 atom stereocenters. The van der Waals surface area contributed by atoms with Gasteiger partial charge < -0.3 is 0 Å². The molecule has 1 aliphatic rings. The van der Waals surface area contributed by atoms with Crippen molar-refractivity contribution in [1.82, 2.24) is 0 Å². The Labute approximate surface area is 173 Å². The molecule has 0 bridgehead atoms. The van der Waals surface area contributed by atoms with Gasteiger partial charge in [0.1, 0.15) is 0 Å². The Morgan fingerprint density at radius 3 is 1.44 bits per heavy atom. The highest BCUT2D eigenvalue weighted by Crippen LogP contribution is 2.45. The van der Waals surface area contributed by atoms with Crippen molar-refractivity contribution in [3.8, 4) is 0 Å². The quantitative estimate of drug-likeness (QED) is 0.208. The minimum absolute atomic E-state index is 1.05. The number of hydrogen-bond donors (Lipinski definition) is 0. The topological polar surface area (TPSA) is 0 Å². The summed E-state index contributed by atoms with van der Waals surface area (Å²) in [6.45, 7) is 9.46. The molecule has 4 unspecified atom stereocenters. The molecule has 27 heavy (non-hydrogen) atoms. The largest absolute Gasteiger partial charge is 0.0654 e. The molecular formula is C27H54. The van der Waals surface area contributed by atoms with Crippen molar-refractivity contribution >= 4 is 0 Å². The van der Waals surface area contributed by atoms with Crippen molar-refractivity contribution in [2.24, 2.45) is 23.7 Å². The van der Waals surface area contributed by atoms with E-state index in [1.807, 2.05) is 0 Å². The molecule has 0 N–H and O–H groups in total. The smallest absolute Gasteiger partial charge is 0.0383 e. The lowest BCUT2D eigenvalue weighted by molar-refractivity contribution is 0.243. The zero-order valence-electron chi connectivity index (χ0n) is 19.7. The standard InChI is InChI=1S/C27H54/c1-5-9-12-14-16-20-25(18-11-7-3)27-22-21-26(23-27)24(17-8-4)19-15-13-10-6-2/h24-27H,5-23H2,1-4H3. The second kappa shape index (κ2) is 16.9. The second-order valence-corrected chi connectivity index (χ2v) is 9.84. The van der Waals surface area contributed by atoms with Crippen LogP contribution >= 0.6 is 0 Å². The molecule has 0 amide bonds. The minimum Gasteiger partial charge on any atom is -0.0654 e. The Hall–Kier alpha value is 0. The lowest BCUT2D eigenvalue weighted by atomic mass is 9.79. The van der Waals surface area contributed by atoms with E-state index >= 15 is 0 Å². The molecule has 0 heterocycles. The van der Waals surface area contributed by atoms with Gasteiger partial charge in [-0.2, -0.15) is 0 Å². The highest BCUT2D eigenvalue weighted by molar-refractivity contribution is 4.84. The number of unbranched alkanes of at least 4 members (excludes halogenated alkanes) is 8. The third kappa shape index (κ3) is 10.9. The molecule has 0 radical (unpaired) electrons. The van der Waals surface area contributed by atoms with Gasteiger partial charge in [0.2, 0.25) is 0 Å². The van der Waals surface area contributed by atoms with E-state index in [1.54, 1.807) is 19.3 Å². The van der Waals surface area contributed by atoms with Gasteiger partial charge in [0.15, 0.2) is 0 Å². The summed E-state index contributed by atoms with van der Waals surface area (Å²) in [5, 5.41) is 0. The van der Waals surface area contributed by atoms with Gasteiger partial charge in [-0.1, -0.05) is 130 Å². The molecule has 0 aromatic rings. The van der Waals surface area contributed by atoms with Crippen LogP contribution in [0.2, 0.25) is 0 Å². The lowest BCUT2D eigenvalue weighted by Gasteiger charge is -2.27. The fourth-order valence-corrected chi connectivity index (χ4v) is 5.82. The van der Waals surface area contributed by atoms with E-state index in [4.69, 9.17) is 0 Å². The lowest BCUT2D eigenvalue weighted by Crippen LogP contribution is -2.16. The van der Waals surface area contributed by atoms with Gasteiger partial charge in [0.05, 0.1) is 0 Å². The average Bonchev–Trinajstić information content (AvgIpc) is 3.16. The number of hydrogen-bond acceptors (Lipinski definition) is 0. The summed E-state index contributed by atoms with van der Waals surface area (Å²) >= 11 is 0. The van der Waals surface area contributed by atoms with Crippen LogP contribution in [0.15, 0.2) is 0 Å². The fraction of sp³-hybridized carbons (Fsp3) is 1.00. The summed E-state index contributed by atoms with van der Waals surface area (Å²) in [6, 6.07) is 0. The van der Waals surface area contributed by atoms with Crippen LogP contribution in [-0.2, 0) is 0 Å². The van der Waals surface area contributed by atoms with Crippen molar-refractivity contribution < 1.29 is 0 Å². The van der Waals surface area contributed by atoms with Crippen LogP contribution in [0.5, 0.6) is 0 Å². The molecule has 0 spiro atoms. The molecule has 0 saturated heterocycles. The SMILES string of the molecule is CCCCCCCC(CCCC)C1CCC(C(CCC)CCCCCC)C1. The molecule has 162 valence electrons. The summed E-state index contributed by atoms with van der Waals surface area (Å²) in [4.78, 5) is 0. The summed E-state index contributed by atoms with van der Waals surface area (Å²) in [5.74, 6) is 4.25. The zero-order valence-corrected chi connectivity index (χ0v) is 19.7. The Balaban J connectivity index is 2.45. The molecular weight excluding hydrogens is 324 g/mol. The van der Waals surface area contributed by atoms with E-state index < -0.39 is 0 Å². The van der Waals surface area contributed by atoms with E-state index in [9.17, 15) is 0 Å². The van der Waals surface area contributed by atoms with Gasteiger partial charge in [0.25, 0.3) is 0 Å². The van der Waals surface area contributed by atoms with Crippen LogP contribution < -0.4 is 0 Å². The second-order valence-electron chi connectivity index (χ2n) is 9.84. The van der Waals surface area contributed by atoms with Crippen LogP contribution in [0.4, 0.5) is 0 Å². The van der Waals surface area contributed by atoms with Crippen LogP contribution in [-0.4, -0.2) is 0 Å². The van der Waals surface area contributed by atoms with Gasteiger partial charge in [-0.05, 0) is 42.9 Å². The summed E-state index contributed by atoms with van der Waals surface area (Å²) in [6.07, 6.45) is 28.1. The van der Waals surface area contributed by atoms with Gasteiger partial charge >= 0.3 is 0 Å². The van der Waals surface area contributed by atoms with Crippen LogP contribution in [0.3, 0.4) is 0 Å². The van der Waals surface area contributed by atoms with Crippen LogP contribution in [0.1, 0.15) is 150 Å². The maximum atomic E-state index is 2.41. The van der Waals surface area contributed by atoms with Crippen molar-refractivity contribution in [2.45, 2.75) is 150 Å². The van der Waals surface area contributed by atoms with Gasteiger partial charge in [0, 0.05) is 0 Å². The molecule has 1 rings (SSSR count). The Bertz CT molecular complexity index is 307. The van der Waals surface area contributed by atoms with E-state index in [0.717, 1.165) is 23.7 Å². The molecule has 0 aliphatic heterocycles. The highest BCUT2D eigenvalue weighted by atomic mass is 14.4. The predicted molar refractivity (Wildman–Crippen MR) is 124 cm³/mol. The fourth-order valence-electron chi connectivity index (χ4n) is 5.82. The van der Waals surface area contributed by atoms with Crippen molar-refractivity contribution in [2.75, 3.05) is 0 Å². The maximum absolute atomic E-state index is 2.41. The Morgan fingerprint density at radius 1 is 0.481 bits per heavy atom. The van der Waals surface area contributed by atoms with Crippen LogP contribution in [0, 0.1) is 23.7 Å². The first-order chi connectivity index (χ1) is 13.3. The Morgan fingerprint density at radius 2 is 0.926 bits per heavy atom. The predicted octanol–water partition coefficient (Wildman–Crippen LogP) is 9.96. The van der Waals surface area contributed by atoms with Crippen molar-refractivity contribution in [3.63, 3.8) is 0 Å².